The standard InChI is InChI=1S/C28H43ClN6O5S2/c1-28(2,3)30-27(38)32(4)20-11-15-33(17-20)18-21-7-5-14-35(21)25(36)19-34-13-6-8-23(26(34)37)31-42(39,40)16-12-22-9-10-24(29)41-22/h9-10,12,16,20-21,23,31H,5-8,11,13-15,17-19H2,1-4H3,(H,30,38)/b16-12+. The van der Waals surface area contributed by atoms with Crippen LogP contribution in [0, 0.1) is 0 Å². The molecular formula is C28H43ClN6O5S2. The Morgan fingerprint density at radius 1 is 1.14 bits per heavy atom. The first kappa shape index (κ1) is 32.7. The maximum atomic E-state index is 13.4. The van der Waals surface area contributed by atoms with Crippen molar-refractivity contribution in [2.45, 2.75) is 76.5 Å². The van der Waals surface area contributed by atoms with Gasteiger partial charge < -0.3 is 20.0 Å². The zero-order valence-corrected chi connectivity index (χ0v) is 27.2. The summed E-state index contributed by atoms with van der Waals surface area (Å²) in [4.78, 5) is 47.3. The van der Waals surface area contributed by atoms with Crippen LogP contribution in [0.2, 0.25) is 4.34 Å². The third-order valence-electron chi connectivity index (χ3n) is 7.93. The zero-order valence-electron chi connectivity index (χ0n) is 24.8. The predicted octanol–water partition coefficient (Wildman–Crippen LogP) is 2.79. The molecule has 1 aromatic rings. The number of sulfonamides is 1. The molecule has 3 unspecified atom stereocenters. The molecule has 4 rings (SSSR count). The average Bonchev–Trinajstić information content (AvgIpc) is 3.65. The Hall–Kier alpha value is -2.19. The Bertz CT molecular complexity index is 1280. The molecular weight excluding hydrogens is 600 g/mol. The molecule has 0 aromatic carbocycles. The van der Waals surface area contributed by atoms with E-state index >= 15 is 0 Å². The Morgan fingerprint density at radius 3 is 2.57 bits per heavy atom. The lowest BCUT2D eigenvalue weighted by Gasteiger charge is -2.35. The monoisotopic (exact) mass is 642 g/mol. The molecule has 3 saturated heterocycles. The minimum atomic E-state index is -3.86. The molecule has 3 fully saturated rings. The molecule has 4 amide bonds. The number of halogens is 1. The van der Waals surface area contributed by atoms with Gasteiger partial charge in [-0.05, 0) is 71.1 Å². The molecule has 3 aliphatic rings. The molecule has 11 nitrogen and oxygen atoms in total. The number of nitrogens with zero attached hydrogens (tertiary/aromatic N) is 4. The first-order valence-corrected chi connectivity index (χ1v) is 17.3. The number of urea groups is 1. The van der Waals surface area contributed by atoms with Crippen LogP contribution < -0.4 is 10.0 Å². The van der Waals surface area contributed by atoms with E-state index in [0.717, 1.165) is 44.3 Å². The number of carbonyl (C=O) groups is 3. The lowest BCUT2D eigenvalue weighted by molar-refractivity contribution is -0.143. The van der Waals surface area contributed by atoms with E-state index in [4.69, 9.17) is 11.6 Å². The second-order valence-electron chi connectivity index (χ2n) is 12.4. The SMILES string of the molecule is CN(C(=O)NC(C)(C)C)C1CCN(CC2CCCN2C(=O)CN2CCCC(NS(=O)(=O)/C=C/c3ccc(Cl)s3)C2=O)C1. The van der Waals surface area contributed by atoms with Crippen LogP contribution in [0.4, 0.5) is 4.79 Å². The van der Waals surface area contributed by atoms with Crippen LogP contribution in [-0.2, 0) is 19.6 Å². The third kappa shape index (κ3) is 8.91. The lowest BCUT2D eigenvalue weighted by atomic mass is 10.1. The van der Waals surface area contributed by atoms with Crippen molar-refractivity contribution in [3.8, 4) is 0 Å². The number of nitrogens with one attached hydrogen (secondary N) is 2. The van der Waals surface area contributed by atoms with Gasteiger partial charge in [0.05, 0.1) is 10.9 Å². The van der Waals surface area contributed by atoms with Gasteiger partial charge in [-0.25, -0.2) is 13.2 Å². The molecule has 2 N–H and O–H groups in total. The van der Waals surface area contributed by atoms with Gasteiger partial charge in [-0.3, -0.25) is 14.5 Å². The topological polar surface area (TPSA) is 122 Å². The van der Waals surface area contributed by atoms with Gasteiger partial charge in [0, 0.05) is 67.7 Å². The highest BCUT2D eigenvalue weighted by Crippen LogP contribution is 2.24. The van der Waals surface area contributed by atoms with Gasteiger partial charge in [0.15, 0.2) is 0 Å². The van der Waals surface area contributed by atoms with Crippen LogP contribution >= 0.6 is 22.9 Å². The number of piperidine rings is 1. The number of carbonyl (C=O) groups excluding carboxylic acids is 3. The smallest absolute Gasteiger partial charge is 0.317 e. The van der Waals surface area contributed by atoms with E-state index in [1.54, 1.807) is 17.0 Å². The van der Waals surface area contributed by atoms with Crippen LogP contribution in [0.3, 0.4) is 0 Å². The predicted molar refractivity (Wildman–Crippen MR) is 166 cm³/mol. The molecule has 4 heterocycles. The molecule has 0 radical (unpaired) electrons. The summed E-state index contributed by atoms with van der Waals surface area (Å²) in [6.45, 7) is 9.23. The van der Waals surface area contributed by atoms with Crippen LogP contribution in [0.5, 0.6) is 0 Å². The fourth-order valence-corrected chi connectivity index (χ4v) is 7.86. The van der Waals surface area contributed by atoms with E-state index in [-0.39, 0.29) is 42.0 Å². The number of rotatable bonds is 9. The summed E-state index contributed by atoms with van der Waals surface area (Å²) >= 11 is 7.16. The van der Waals surface area contributed by atoms with Gasteiger partial charge in [0.25, 0.3) is 0 Å². The Balaban J connectivity index is 1.28. The van der Waals surface area contributed by atoms with Gasteiger partial charge in [-0.1, -0.05) is 11.6 Å². The Morgan fingerprint density at radius 2 is 1.88 bits per heavy atom. The van der Waals surface area contributed by atoms with E-state index in [0.29, 0.717) is 35.1 Å². The van der Waals surface area contributed by atoms with Gasteiger partial charge in [0.1, 0.15) is 6.04 Å². The van der Waals surface area contributed by atoms with Crippen LogP contribution in [-0.4, -0.2) is 116 Å². The number of likely N-dealkylation sites (N-methyl/N-ethyl adjacent to an activating group) is 1. The number of likely N-dealkylation sites (tertiary alicyclic amines) is 3. The highest BCUT2D eigenvalue weighted by molar-refractivity contribution is 7.92. The number of thiophene rings is 1. The fourth-order valence-electron chi connectivity index (χ4n) is 5.79. The molecule has 0 bridgehead atoms. The normalized spacial score (nSPS) is 24.1. The molecule has 3 aliphatic heterocycles. The highest BCUT2D eigenvalue weighted by atomic mass is 35.5. The van der Waals surface area contributed by atoms with Gasteiger partial charge in [0.2, 0.25) is 21.8 Å². The van der Waals surface area contributed by atoms with E-state index in [9.17, 15) is 22.8 Å². The van der Waals surface area contributed by atoms with E-state index in [1.165, 1.54) is 22.3 Å². The zero-order chi connectivity index (χ0) is 30.7. The van der Waals surface area contributed by atoms with Crippen LogP contribution in [0.15, 0.2) is 17.5 Å². The molecule has 234 valence electrons. The minimum Gasteiger partial charge on any atom is -0.337 e. The van der Waals surface area contributed by atoms with E-state index in [1.807, 2.05) is 32.7 Å². The molecule has 0 spiro atoms. The van der Waals surface area contributed by atoms with Crippen molar-refractivity contribution in [3.63, 3.8) is 0 Å². The van der Waals surface area contributed by atoms with Crippen molar-refractivity contribution in [2.24, 2.45) is 0 Å². The summed E-state index contributed by atoms with van der Waals surface area (Å²) in [7, 11) is -2.03. The van der Waals surface area contributed by atoms with Crippen molar-refractivity contribution >= 4 is 56.9 Å². The van der Waals surface area contributed by atoms with Crippen molar-refractivity contribution in [1.82, 2.24) is 29.6 Å². The minimum absolute atomic E-state index is 0.0510. The molecule has 1 aromatic heterocycles. The molecule has 14 heteroatoms. The van der Waals surface area contributed by atoms with Crippen molar-refractivity contribution in [3.05, 3.63) is 26.8 Å². The van der Waals surface area contributed by atoms with Crippen molar-refractivity contribution in [2.75, 3.05) is 46.3 Å². The fraction of sp³-hybridized carbons (Fsp3) is 0.679. The number of hydrogen-bond donors (Lipinski definition) is 2. The number of amides is 4. The Kier molecular flexibility index (Phi) is 10.6. The van der Waals surface area contributed by atoms with Crippen molar-refractivity contribution in [1.29, 1.82) is 0 Å². The number of hydrogen-bond acceptors (Lipinski definition) is 7. The summed E-state index contributed by atoms with van der Waals surface area (Å²) in [5.41, 5.74) is -0.301. The van der Waals surface area contributed by atoms with E-state index in [2.05, 4.69) is 14.9 Å². The Labute approximate surface area is 258 Å². The van der Waals surface area contributed by atoms with E-state index < -0.39 is 16.1 Å². The third-order valence-corrected chi connectivity index (χ3v) is 10.2. The summed E-state index contributed by atoms with van der Waals surface area (Å²) < 4.78 is 28.3. The van der Waals surface area contributed by atoms with Crippen LogP contribution in [0.25, 0.3) is 6.08 Å². The summed E-state index contributed by atoms with van der Waals surface area (Å²) in [6.07, 6.45) is 5.11. The lowest BCUT2D eigenvalue weighted by Crippen LogP contribution is -2.55. The first-order valence-electron chi connectivity index (χ1n) is 14.5. The average molecular weight is 643 g/mol. The second-order valence-corrected chi connectivity index (χ2v) is 15.8. The second kappa shape index (κ2) is 13.6. The first-order chi connectivity index (χ1) is 19.7. The largest absolute Gasteiger partial charge is 0.337 e. The van der Waals surface area contributed by atoms with Gasteiger partial charge in [-0.2, -0.15) is 4.72 Å². The quantitative estimate of drug-likeness (QED) is 0.427. The maximum Gasteiger partial charge on any atom is 0.317 e. The molecule has 0 aliphatic carbocycles. The van der Waals surface area contributed by atoms with Crippen molar-refractivity contribution < 1.29 is 22.8 Å². The molecule has 0 saturated carbocycles. The van der Waals surface area contributed by atoms with Gasteiger partial charge >= 0.3 is 6.03 Å². The molecule has 42 heavy (non-hydrogen) atoms. The maximum absolute atomic E-state index is 13.4. The summed E-state index contributed by atoms with van der Waals surface area (Å²) in [5.74, 6) is -0.485. The summed E-state index contributed by atoms with van der Waals surface area (Å²) in [5, 5.41) is 4.06. The van der Waals surface area contributed by atoms with Gasteiger partial charge in [-0.15, -0.1) is 11.3 Å². The summed E-state index contributed by atoms with van der Waals surface area (Å²) in [6, 6.07) is 2.58. The van der Waals surface area contributed by atoms with Crippen LogP contribution in [0.1, 0.15) is 57.8 Å². The molecule has 3 atom stereocenters. The highest BCUT2D eigenvalue weighted by Gasteiger charge is 2.37.